The summed E-state index contributed by atoms with van der Waals surface area (Å²) in [5.41, 5.74) is 0.820. The van der Waals surface area contributed by atoms with Gasteiger partial charge in [0, 0.05) is 0 Å². The fourth-order valence-corrected chi connectivity index (χ4v) is 6.93. The molecule has 0 bridgehead atoms. The number of alkyl halides is 3. The molecule has 0 heterocycles. The molecule has 31 heavy (non-hydrogen) atoms. The van der Waals surface area contributed by atoms with E-state index in [4.69, 9.17) is 0 Å². The predicted molar refractivity (Wildman–Crippen MR) is 114 cm³/mol. The average molecular weight is 439 g/mol. The molecule has 5 heteroatoms. The number of benzene rings is 1. The summed E-state index contributed by atoms with van der Waals surface area (Å²) in [4.78, 5) is 0. The van der Waals surface area contributed by atoms with Crippen LogP contribution in [-0.4, -0.2) is 6.36 Å². The first-order valence-electron chi connectivity index (χ1n) is 12.0. The summed E-state index contributed by atoms with van der Waals surface area (Å²) in [6.07, 6.45) is 12.0. The second-order valence-electron chi connectivity index (χ2n) is 10.00. The van der Waals surface area contributed by atoms with Crippen molar-refractivity contribution in [3.63, 3.8) is 0 Å². The van der Waals surface area contributed by atoms with Crippen molar-refractivity contribution in [1.82, 2.24) is 0 Å². The van der Waals surface area contributed by atoms with Gasteiger partial charge in [-0.2, -0.15) is 0 Å². The second-order valence-corrected chi connectivity index (χ2v) is 10.00. The Kier molecular flexibility index (Phi) is 6.98. The number of hydrogen-bond donors (Lipinski definition) is 0. The van der Waals surface area contributed by atoms with Crippen LogP contribution in [0.2, 0.25) is 0 Å². The minimum Gasteiger partial charge on any atom is -0.403 e. The summed E-state index contributed by atoms with van der Waals surface area (Å²) < 4.78 is 55.2. The fourth-order valence-electron chi connectivity index (χ4n) is 6.93. The highest BCUT2D eigenvalue weighted by molar-refractivity contribution is 5.32. The van der Waals surface area contributed by atoms with E-state index in [1.54, 1.807) is 6.07 Å². The second kappa shape index (κ2) is 9.54. The van der Waals surface area contributed by atoms with E-state index in [0.717, 1.165) is 48.1 Å². The maximum Gasteiger partial charge on any atom is 0.573 e. The molecule has 1 aromatic carbocycles. The van der Waals surface area contributed by atoms with E-state index in [1.165, 1.54) is 57.4 Å². The van der Waals surface area contributed by atoms with Crippen LogP contribution in [0.5, 0.6) is 5.75 Å². The number of hydrogen-bond acceptors (Lipinski definition) is 1. The van der Waals surface area contributed by atoms with Crippen molar-refractivity contribution < 1.29 is 22.3 Å². The van der Waals surface area contributed by atoms with Crippen molar-refractivity contribution in [1.29, 1.82) is 0 Å². The molecule has 172 valence electrons. The quantitative estimate of drug-likeness (QED) is 0.331. The van der Waals surface area contributed by atoms with Crippen LogP contribution in [0.1, 0.15) is 82.6 Å². The summed E-state index contributed by atoms with van der Waals surface area (Å²) in [5, 5.41) is 0. The Bertz CT molecular complexity index is 771. The lowest BCUT2D eigenvalue weighted by Gasteiger charge is -2.51. The molecule has 0 saturated heterocycles. The van der Waals surface area contributed by atoms with E-state index >= 15 is 0 Å². The lowest BCUT2D eigenvalue weighted by molar-refractivity contribution is -0.275. The zero-order chi connectivity index (χ0) is 22.0. The molecular formula is C26H34F4O. The maximum atomic E-state index is 14.2. The van der Waals surface area contributed by atoms with Crippen LogP contribution in [0.3, 0.4) is 0 Å². The van der Waals surface area contributed by atoms with Crippen molar-refractivity contribution in [2.24, 2.45) is 29.6 Å². The third kappa shape index (κ3) is 5.46. The van der Waals surface area contributed by atoms with Crippen LogP contribution in [-0.2, 0) is 0 Å². The largest absolute Gasteiger partial charge is 0.573 e. The van der Waals surface area contributed by atoms with Gasteiger partial charge in [0.15, 0.2) is 11.6 Å². The maximum absolute atomic E-state index is 14.2. The highest BCUT2D eigenvalue weighted by atomic mass is 19.4. The Balaban J connectivity index is 1.35. The van der Waals surface area contributed by atoms with Gasteiger partial charge in [-0.3, -0.25) is 0 Å². The molecule has 6 unspecified atom stereocenters. The van der Waals surface area contributed by atoms with Gasteiger partial charge in [0.25, 0.3) is 0 Å². The van der Waals surface area contributed by atoms with Crippen LogP contribution in [0.4, 0.5) is 17.6 Å². The minimum absolute atomic E-state index is 0.240. The van der Waals surface area contributed by atoms with E-state index in [1.807, 2.05) is 0 Å². The lowest BCUT2D eigenvalue weighted by Crippen LogP contribution is -2.41. The van der Waals surface area contributed by atoms with Crippen molar-refractivity contribution in [2.45, 2.75) is 83.4 Å². The van der Waals surface area contributed by atoms with Crippen LogP contribution in [0.25, 0.3) is 0 Å². The van der Waals surface area contributed by atoms with Gasteiger partial charge in [0.05, 0.1) is 0 Å². The van der Waals surface area contributed by atoms with Crippen molar-refractivity contribution >= 4 is 0 Å². The molecule has 0 amide bonds. The van der Waals surface area contributed by atoms with E-state index < -0.39 is 17.9 Å². The van der Waals surface area contributed by atoms with Gasteiger partial charge in [-0.1, -0.05) is 24.6 Å². The molecule has 0 radical (unpaired) electrons. The van der Waals surface area contributed by atoms with Gasteiger partial charge in [0.1, 0.15) is 0 Å². The van der Waals surface area contributed by atoms with Crippen LogP contribution in [0.15, 0.2) is 30.4 Å². The lowest BCUT2D eigenvalue weighted by atomic mass is 9.55. The summed E-state index contributed by atoms with van der Waals surface area (Å²) in [5.74, 6) is 2.64. The third-order valence-electron chi connectivity index (χ3n) is 8.28. The highest BCUT2D eigenvalue weighted by Gasteiger charge is 2.44. The molecule has 1 nitrogen and oxygen atoms in total. The van der Waals surface area contributed by atoms with Crippen molar-refractivity contribution in [3.05, 3.63) is 41.7 Å². The van der Waals surface area contributed by atoms with E-state index in [0.29, 0.717) is 5.92 Å². The first-order chi connectivity index (χ1) is 14.8. The summed E-state index contributed by atoms with van der Waals surface area (Å²) in [7, 11) is 0. The molecule has 0 aliphatic heterocycles. The molecule has 3 saturated carbocycles. The van der Waals surface area contributed by atoms with Gasteiger partial charge < -0.3 is 4.74 Å². The van der Waals surface area contributed by atoms with E-state index in [9.17, 15) is 17.6 Å². The average Bonchev–Trinajstić information content (AvgIpc) is 2.74. The Hall–Kier alpha value is -1.52. The predicted octanol–water partition coefficient (Wildman–Crippen LogP) is 8.41. The summed E-state index contributed by atoms with van der Waals surface area (Å²) >= 11 is 0. The van der Waals surface area contributed by atoms with E-state index in [2.05, 4.69) is 23.8 Å². The molecule has 0 spiro atoms. The number of ether oxygens (including phenoxy) is 1. The van der Waals surface area contributed by atoms with Gasteiger partial charge in [-0.25, -0.2) is 4.39 Å². The standard InChI is InChI=1S/C26H34F4O/c1-2-3-4-5-17-6-11-22-20(14-17)7-8-21-15-18(9-12-23(21)22)19-10-13-25(24(27)16-19)31-26(28,29)30/h2-3,10,13,16-18,20-23H,4-9,11-12,14-15H2,1H3. The molecule has 0 aromatic heterocycles. The monoisotopic (exact) mass is 438 g/mol. The van der Waals surface area contributed by atoms with Crippen LogP contribution < -0.4 is 4.74 Å². The molecule has 0 N–H and O–H groups in total. The van der Waals surface area contributed by atoms with Gasteiger partial charge in [0.2, 0.25) is 0 Å². The first kappa shape index (κ1) is 22.7. The zero-order valence-corrected chi connectivity index (χ0v) is 18.3. The molecule has 3 fully saturated rings. The Morgan fingerprint density at radius 2 is 1.68 bits per heavy atom. The molecule has 4 rings (SSSR count). The van der Waals surface area contributed by atoms with Crippen molar-refractivity contribution in [2.75, 3.05) is 0 Å². The number of fused-ring (bicyclic) bond motifs is 3. The molecule has 3 aliphatic rings. The fraction of sp³-hybridized carbons (Fsp3) is 0.692. The third-order valence-corrected chi connectivity index (χ3v) is 8.28. The zero-order valence-electron chi connectivity index (χ0n) is 18.3. The van der Waals surface area contributed by atoms with Crippen LogP contribution >= 0.6 is 0 Å². The van der Waals surface area contributed by atoms with Gasteiger partial charge in [-0.15, -0.1) is 13.2 Å². The number of rotatable bonds is 5. The molecule has 1 aromatic rings. The first-order valence-corrected chi connectivity index (χ1v) is 12.0. The normalized spacial score (nSPS) is 33.7. The smallest absolute Gasteiger partial charge is 0.403 e. The van der Waals surface area contributed by atoms with Crippen LogP contribution in [0, 0.1) is 35.4 Å². The van der Waals surface area contributed by atoms with Crippen molar-refractivity contribution in [3.8, 4) is 5.75 Å². The molecular weight excluding hydrogens is 404 g/mol. The van der Waals surface area contributed by atoms with Gasteiger partial charge >= 0.3 is 6.36 Å². The molecule has 6 atom stereocenters. The van der Waals surface area contributed by atoms with Gasteiger partial charge in [-0.05, 0) is 118 Å². The summed E-state index contributed by atoms with van der Waals surface area (Å²) in [6, 6.07) is 4.01. The topological polar surface area (TPSA) is 9.23 Å². The van der Waals surface area contributed by atoms with E-state index in [-0.39, 0.29) is 5.92 Å². The molecule has 3 aliphatic carbocycles. The number of halogens is 4. The number of allylic oxidation sites excluding steroid dienone is 2. The minimum atomic E-state index is -4.87. The summed E-state index contributed by atoms with van der Waals surface area (Å²) in [6.45, 7) is 2.09. The Morgan fingerprint density at radius 3 is 2.35 bits per heavy atom. The Morgan fingerprint density at radius 1 is 0.968 bits per heavy atom. The SMILES string of the molecule is CC=CCCC1CCC2C(CCC3CC(c4ccc(OC(F)(F)F)c(F)c4)CCC32)C1. The highest BCUT2D eigenvalue weighted by Crippen LogP contribution is 2.55. The Labute approximate surface area is 183 Å².